The third kappa shape index (κ3) is 2.98. The Bertz CT molecular complexity index is 866. The first kappa shape index (κ1) is 19.0. The summed E-state index contributed by atoms with van der Waals surface area (Å²) in [6, 6.07) is 17.2. The maximum Gasteiger partial charge on any atom is 0.0896 e. The lowest BCUT2D eigenvalue weighted by Crippen LogP contribution is -2.29. The van der Waals surface area contributed by atoms with Crippen LogP contribution < -0.4 is 0 Å². The Balaban J connectivity index is 2.35. The smallest absolute Gasteiger partial charge is 0.0896 e. The minimum absolute atomic E-state index is 0.456. The fourth-order valence-corrected chi connectivity index (χ4v) is 4.13. The molecule has 0 bridgehead atoms. The highest BCUT2D eigenvalue weighted by Crippen LogP contribution is 2.56. The lowest BCUT2D eigenvalue weighted by atomic mass is 9.67. The summed E-state index contributed by atoms with van der Waals surface area (Å²) in [4.78, 5) is 0. The van der Waals surface area contributed by atoms with Gasteiger partial charge in [0.25, 0.3) is 0 Å². The van der Waals surface area contributed by atoms with Gasteiger partial charge >= 0.3 is 0 Å². The van der Waals surface area contributed by atoms with Gasteiger partial charge in [-0.3, -0.25) is 0 Å². The number of allylic oxidation sites excluding steroid dienone is 5. The fraction of sp³-hybridized carbons (Fsp3) is 0.231. The van der Waals surface area contributed by atoms with E-state index in [4.69, 9.17) is 4.74 Å². The van der Waals surface area contributed by atoms with Crippen LogP contribution in [-0.2, 0) is 10.2 Å². The van der Waals surface area contributed by atoms with Crippen molar-refractivity contribution in [3.05, 3.63) is 108 Å². The number of ether oxygens (including phenoxy) is 1. The molecule has 0 unspecified atom stereocenters. The van der Waals surface area contributed by atoms with Gasteiger partial charge in [-0.2, -0.15) is 0 Å². The van der Waals surface area contributed by atoms with Gasteiger partial charge in [0.05, 0.1) is 18.3 Å². The second-order valence-electron chi connectivity index (χ2n) is 7.29. The maximum atomic E-state index is 5.96. The molecular formula is C26H28O. The van der Waals surface area contributed by atoms with E-state index in [1.807, 2.05) is 18.4 Å². The molecule has 0 atom stereocenters. The molecule has 0 heterocycles. The summed E-state index contributed by atoms with van der Waals surface area (Å²) in [5.41, 5.74) is 6.73. The van der Waals surface area contributed by atoms with Crippen molar-refractivity contribution in [2.45, 2.75) is 26.2 Å². The average molecular weight is 357 g/mol. The number of benzene rings is 2. The average Bonchev–Trinajstić information content (AvgIpc) is 2.98. The Labute approximate surface area is 163 Å². The van der Waals surface area contributed by atoms with E-state index in [1.165, 1.54) is 22.3 Å². The highest BCUT2D eigenvalue weighted by atomic mass is 16.5. The van der Waals surface area contributed by atoms with Crippen LogP contribution in [0.25, 0.3) is 11.1 Å². The quantitative estimate of drug-likeness (QED) is 0.390. The molecule has 0 saturated heterocycles. The molecule has 138 valence electrons. The zero-order valence-corrected chi connectivity index (χ0v) is 16.5. The molecule has 0 fully saturated rings. The van der Waals surface area contributed by atoms with Crippen molar-refractivity contribution in [3.8, 4) is 11.1 Å². The van der Waals surface area contributed by atoms with Gasteiger partial charge in [-0.15, -0.1) is 0 Å². The summed E-state index contributed by atoms with van der Waals surface area (Å²) in [5, 5.41) is 0. The normalized spacial score (nSPS) is 15.3. The SMILES string of the molecule is C=C/C(=C\C)C1(/C(C=C)=C/OCC(C)C)c2ccccc2-c2ccccc21. The van der Waals surface area contributed by atoms with E-state index in [0.717, 1.165) is 11.1 Å². The van der Waals surface area contributed by atoms with Crippen molar-refractivity contribution < 1.29 is 4.74 Å². The van der Waals surface area contributed by atoms with E-state index < -0.39 is 5.41 Å². The summed E-state index contributed by atoms with van der Waals surface area (Å²) in [6.07, 6.45) is 7.91. The zero-order valence-electron chi connectivity index (χ0n) is 16.5. The minimum atomic E-state index is -0.456. The number of hydrogen-bond acceptors (Lipinski definition) is 1. The van der Waals surface area contributed by atoms with Crippen molar-refractivity contribution in [1.29, 1.82) is 0 Å². The summed E-state index contributed by atoms with van der Waals surface area (Å²) in [5.74, 6) is 0.465. The molecule has 3 rings (SSSR count). The van der Waals surface area contributed by atoms with Gasteiger partial charge in [0.15, 0.2) is 0 Å². The van der Waals surface area contributed by atoms with Crippen LogP contribution >= 0.6 is 0 Å². The first-order chi connectivity index (χ1) is 13.1. The standard InChI is InChI=1S/C26H28O/c1-6-20(7-2)26(21(8-3)18-27-17-19(4)5)24-15-11-9-13-22(24)23-14-10-12-16-25(23)26/h6-16,18-19H,1,3,17H2,2,4-5H3/b20-7+,21-18+. The molecule has 2 aromatic carbocycles. The molecule has 0 aromatic heterocycles. The lowest BCUT2D eigenvalue weighted by Gasteiger charge is -2.35. The minimum Gasteiger partial charge on any atom is -0.501 e. The highest BCUT2D eigenvalue weighted by Gasteiger charge is 2.46. The second kappa shape index (κ2) is 7.84. The first-order valence-corrected chi connectivity index (χ1v) is 9.54. The summed E-state index contributed by atoms with van der Waals surface area (Å²) >= 11 is 0. The van der Waals surface area contributed by atoms with Gasteiger partial charge in [0.1, 0.15) is 0 Å². The van der Waals surface area contributed by atoms with Crippen LogP contribution in [0.3, 0.4) is 0 Å². The lowest BCUT2D eigenvalue weighted by molar-refractivity contribution is 0.208. The monoisotopic (exact) mass is 356 g/mol. The van der Waals surface area contributed by atoms with Crippen molar-refractivity contribution in [2.24, 2.45) is 5.92 Å². The van der Waals surface area contributed by atoms with Crippen molar-refractivity contribution in [1.82, 2.24) is 0 Å². The van der Waals surface area contributed by atoms with Crippen LogP contribution in [0.4, 0.5) is 0 Å². The van der Waals surface area contributed by atoms with E-state index in [-0.39, 0.29) is 0 Å². The van der Waals surface area contributed by atoms with E-state index in [0.29, 0.717) is 12.5 Å². The first-order valence-electron chi connectivity index (χ1n) is 9.54. The molecule has 1 heteroatoms. The Morgan fingerprint density at radius 3 is 1.89 bits per heavy atom. The molecule has 2 aromatic rings. The van der Waals surface area contributed by atoms with Gasteiger partial charge < -0.3 is 4.74 Å². The number of fused-ring (bicyclic) bond motifs is 3. The molecule has 1 aliphatic carbocycles. The summed E-state index contributed by atoms with van der Waals surface area (Å²) in [7, 11) is 0. The van der Waals surface area contributed by atoms with E-state index in [9.17, 15) is 0 Å². The van der Waals surface area contributed by atoms with Gasteiger partial charge in [0.2, 0.25) is 0 Å². The largest absolute Gasteiger partial charge is 0.501 e. The van der Waals surface area contributed by atoms with Crippen LogP contribution in [0.15, 0.2) is 97.3 Å². The molecule has 0 amide bonds. The van der Waals surface area contributed by atoms with Crippen molar-refractivity contribution in [3.63, 3.8) is 0 Å². The highest BCUT2D eigenvalue weighted by molar-refractivity contribution is 5.86. The Kier molecular flexibility index (Phi) is 5.51. The molecule has 0 N–H and O–H groups in total. The topological polar surface area (TPSA) is 9.23 Å². The van der Waals surface area contributed by atoms with E-state index >= 15 is 0 Å². The Hall–Kier alpha value is -2.80. The van der Waals surface area contributed by atoms with Crippen LogP contribution in [0.5, 0.6) is 0 Å². The third-order valence-corrected chi connectivity index (χ3v) is 5.21. The van der Waals surface area contributed by atoms with E-state index in [1.54, 1.807) is 0 Å². The van der Waals surface area contributed by atoms with Crippen LogP contribution in [0.1, 0.15) is 31.9 Å². The molecule has 1 nitrogen and oxygen atoms in total. The van der Waals surface area contributed by atoms with E-state index in [2.05, 4.69) is 88.5 Å². The third-order valence-electron chi connectivity index (χ3n) is 5.21. The molecule has 1 aliphatic rings. The maximum absolute atomic E-state index is 5.96. The molecule has 27 heavy (non-hydrogen) atoms. The van der Waals surface area contributed by atoms with Crippen LogP contribution in [0, 0.1) is 5.92 Å². The van der Waals surface area contributed by atoms with Gasteiger partial charge in [-0.1, -0.05) is 93.8 Å². The number of hydrogen-bond donors (Lipinski definition) is 0. The molecule has 0 spiro atoms. The zero-order chi connectivity index (χ0) is 19.4. The fourth-order valence-electron chi connectivity index (χ4n) is 4.13. The number of rotatable bonds is 7. The van der Waals surface area contributed by atoms with Crippen molar-refractivity contribution >= 4 is 0 Å². The van der Waals surface area contributed by atoms with Gasteiger partial charge in [0, 0.05) is 5.57 Å². The molecule has 0 saturated carbocycles. The predicted octanol–water partition coefficient (Wildman–Crippen LogP) is 6.83. The summed E-state index contributed by atoms with van der Waals surface area (Å²) in [6.45, 7) is 15.3. The Morgan fingerprint density at radius 1 is 0.926 bits per heavy atom. The molecule has 0 aliphatic heterocycles. The molecular weight excluding hydrogens is 328 g/mol. The van der Waals surface area contributed by atoms with Gasteiger partial charge in [-0.25, -0.2) is 0 Å². The van der Waals surface area contributed by atoms with Crippen LogP contribution in [0.2, 0.25) is 0 Å². The molecule has 0 radical (unpaired) electrons. The van der Waals surface area contributed by atoms with Crippen LogP contribution in [-0.4, -0.2) is 6.61 Å². The predicted molar refractivity (Wildman–Crippen MR) is 116 cm³/mol. The second-order valence-corrected chi connectivity index (χ2v) is 7.29. The van der Waals surface area contributed by atoms with Gasteiger partial charge in [-0.05, 0) is 40.7 Å². The summed E-state index contributed by atoms with van der Waals surface area (Å²) < 4.78 is 5.96. The van der Waals surface area contributed by atoms with Crippen molar-refractivity contribution in [2.75, 3.05) is 6.61 Å². The Morgan fingerprint density at radius 2 is 1.44 bits per heavy atom.